The smallest absolute Gasteiger partial charge is 0.264 e. The van der Waals surface area contributed by atoms with Crippen molar-refractivity contribution in [1.29, 1.82) is 0 Å². The first kappa shape index (κ1) is 25.3. The predicted molar refractivity (Wildman–Crippen MR) is 133 cm³/mol. The number of ether oxygens (including phenoxy) is 2. The molecule has 0 saturated heterocycles. The van der Waals surface area contributed by atoms with Crippen molar-refractivity contribution in [3.63, 3.8) is 0 Å². The second-order valence-electron chi connectivity index (χ2n) is 7.66. The lowest BCUT2D eigenvalue weighted by Gasteiger charge is -2.20. The van der Waals surface area contributed by atoms with Gasteiger partial charge < -0.3 is 14.8 Å². The predicted octanol–water partition coefficient (Wildman–Crippen LogP) is 3.90. The Morgan fingerprint density at radius 3 is 2.38 bits per heavy atom. The van der Waals surface area contributed by atoms with Crippen LogP contribution in [0.3, 0.4) is 0 Å². The first-order valence-electron chi connectivity index (χ1n) is 11.0. The monoisotopic (exact) mass is 482 g/mol. The first-order valence-corrected chi connectivity index (χ1v) is 12.5. The summed E-state index contributed by atoms with van der Waals surface area (Å²) in [5.74, 6) is 0.309. The van der Waals surface area contributed by atoms with Crippen LogP contribution in [0.1, 0.15) is 22.3 Å². The number of anilines is 1. The maximum absolute atomic E-state index is 13.1. The van der Waals surface area contributed by atoms with Crippen LogP contribution in [0.4, 0.5) is 5.69 Å². The third kappa shape index (κ3) is 6.82. The molecule has 180 valence electrons. The molecule has 0 atom stereocenters. The number of nitrogens with one attached hydrogen (secondary N) is 1. The normalized spacial score (nSPS) is 11.1. The summed E-state index contributed by atoms with van der Waals surface area (Å²) < 4.78 is 38.1. The molecule has 0 radical (unpaired) electrons. The topological polar surface area (TPSA) is 84.9 Å². The summed E-state index contributed by atoms with van der Waals surface area (Å²) in [6, 6.07) is 22.8. The fraction of sp³-hybridized carbons (Fsp3) is 0.269. The Kier molecular flexibility index (Phi) is 9.07. The van der Waals surface area contributed by atoms with Crippen LogP contribution < -0.4 is 14.4 Å². The fourth-order valence-corrected chi connectivity index (χ4v) is 4.54. The Bertz CT molecular complexity index is 1170. The molecule has 8 heteroatoms. The molecule has 0 aromatic heterocycles. The zero-order chi connectivity index (χ0) is 24.4. The van der Waals surface area contributed by atoms with Gasteiger partial charge in [-0.05, 0) is 60.9 Å². The largest absolute Gasteiger partial charge is 0.497 e. The van der Waals surface area contributed by atoms with E-state index in [1.165, 1.54) is 29.0 Å². The SMILES string of the molecule is COc1ccc(N(C)S(=O)(=O)c2cccc(C(=O)NCCCOCCc3ccccc3)c2)cc1. The molecule has 3 aromatic rings. The molecule has 7 nitrogen and oxygen atoms in total. The molecule has 0 spiro atoms. The highest BCUT2D eigenvalue weighted by molar-refractivity contribution is 7.92. The van der Waals surface area contributed by atoms with E-state index in [1.807, 2.05) is 18.2 Å². The molecule has 0 saturated carbocycles. The average molecular weight is 483 g/mol. The lowest BCUT2D eigenvalue weighted by Crippen LogP contribution is -2.28. The van der Waals surface area contributed by atoms with Crippen LogP contribution in [0.25, 0.3) is 0 Å². The van der Waals surface area contributed by atoms with Crippen molar-refractivity contribution in [3.8, 4) is 5.75 Å². The van der Waals surface area contributed by atoms with Crippen LogP contribution in [0, 0.1) is 0 Å². The molecule has 0 heterocycles. The number of hydrogen-bond donors (Lipinski definition) is 1. The zero-order valence-electron chi connectivity index (χ0n) is 19.4. The van der Waals surface area contributed by atoms with Crippen molar-refractivity contribution in [2.45, 2.75) is 17.7 Å². The molecule has 1 amide bonds. The van der Waals surface area contributed by atoms with Crippen molar-refractivity contribution in [3.05, 3.63) is 90.0 Å². The zero-order valence-corrected chi connectivity index (χ0v) is 20.3. The molecule has 0 bridgehead atoms. The van der Waals surface area contributed by atoms with Gasteiger partial charge in [0.2, 0.25) is 0 Å². The number of hydrogen-bond acceptors (Lipinski definition) is 5. The highest BCUT2D eigenvalue weighted by atomic mass is 32.2. The highest BCUT2D eigenvalue weighted by Gasteiger charge is 2.22. The van der Waals surface area contributed by atoms with E-state index in [0.717, 1.165) is 6.42 Å². The van der Waals surface area contributed by atoms with Gasteiger partial charge in [0.25, 0.3) is 15.9 Å². The molecule has 0 aliphatic heterocycles. The van der Waals surface area contributed by atoms with Crippen molar-refractivity contribution in [2.75, 3.05) is 38.2 Å². The van der Waals surface area contributed by atoms with Gasteiger partial charge in [0.15, 0.2) is 0 Å². The number of benzene rings is 3. The van der Waals surface area contributed by atoms with Crippen LogP contribution >= 0.6 is 0 Å². The summed E-state index contributed by atoms with van der Waals surface area (Å²) in [4.78, 5) is 12.6. The Balaban J connectivity index is 1.49. The lowest BCUT2D eigenvalue weighted by atomic mass is 10.2. The number of carbonyl (C=O) groups excluding carboxylic acids is 1. The highest BCUT2D eigenvalue weighted by Crippen LogP contribution is 2.24. The Hall–Kier alpha value is -3.36. The van der Waals surface area contributed by atoms with Crippen molar-refractivity contribution in [1.82, 2.24) is 5.32 Å². The summed E-state index contributed by atoms with van der Waals surface area (Å²) in [5.41, 5.74) is 2.00. The number of nitrogens with zero attached hydrogens (tertiary/aromatic N) is 1. The fourth-order valence-electron chi connectivity index (χ4n) is 3.30. The molecular formula is C26H30N2O5S. The molecule has 0 fully saturated rings. The van der Waals surface area contributed by atoms with Crippen LogP contribution in [0.2, 0.25) is 0 Å². The number of sulfonamides is 1. The summed E-state index contributed by atoms with van der Waals surface area (Å²) >= 11 is 0. The lowest BCUT2D eigenvalue weighted by molar-refractivity contribution is 0.0942. The second-order valence-corrected chi connectivity index (χ2v) is 9.63. The number of carbonyl (C=O) groups is 1. The van der Waals surface area contributed by atoms with Crippen LogP contribution in [-0.4, -0.2) is 48.2 Å². The van der Waals surface area contributed by atoms with Gasteiger partial charge in [0, 0.05) is 25.8 Å². The third-order valence-corrected chi connectivity index (χ3v) is 7.10. The van der Waals surface area contributed by atoms with E-state index < -0.39 is 10.0 Å². The number of rotatable bonds is 12. The molecular weight excluding hydrogens is 452 g/mol. The van der Waals surface area contributed by atoms with Crippen molar-refractivity contribution in [2.24, 2.45) is 0 Å². The summed E-state index contributed by atoms with van der Waals surface area (Å²) in [6.07, 6.45) is 1.51. The van der Waals surface area contributed by atoms with Gasteiger partial charge in [-0.15, -0.1) is 0 Å². The minimum Gasteiger partial charge on any atom is -0.497 e. The maximum Gasteiger partial charge on any atom is 0.264 e. The Morgan fingerprint density at radius 1 is 0.941 bits per heavy atom. The minimum atomic E-state index is -3.83. The van der Waals surface area contributed by atoms with Crippen LogP contribution in [0.5, 0.6) is 5.75 Å². The standard InChI is InChI=1S/C26H30N2O5S/c1-28(23-12-14-24(32-2)15-13-23)34(30,31)25-11-6-10-22(20-25)26(29)27-17-7-18-33-19-16-21-8-4-3-5-9-21/h3-6,8-15,20H,7,16-19H2,1-2H3,(H,27,29). The first-order chi connectivity index (χ1) is 16.4. The van der Waals surface area contributed by atoms with E-state index in [-0.39, 0.29) is 16.4 Å². The van der Waals surface area contributed by atoms with E-state index in [0.29, 0.717) is 37.6 Å². The second kappa shape index (κ2) is 12.2. The van der Waals surface area contributed by atoms with Gasteiger partial charge >= 0.3 is 0 Å². The van der Waals surface area contributed by atoms with E-state index in [2.05, 4.69) is 17.4 Å². The molecule has 0 aliphatic carbocycles. The minimum absolute atomic E-state index is 0.0442. The molecule has 3 rings (SSSR count). The van der Waals surface area contributed by atoms with Gasteiger partial charge in [0.05, 0.1) is 24.3 Å². The van der Waals surface area contributed by atoms with E-state index in [9.17, 15) is 13.2 Å². The van der Waals surface area contributed by atoms with Gasteiger partial charge in [-0.2, -0.15) is 0 Å². The molecule has 34 heavy (non-hydrogen) atoms. The molecule has 0 aliphatic rings. The van der Waals surface area contributed by atoms with E-state index >= 15 is 0 Å². The summed E-state index contributed by atoms with van der Waals surface area (Å²) in [7, 11) is -0.813. The number of amides is 1. The molecule has 0 unspecified atom stereocenters. The van der Waals surface area contributed by atoms with E-state index in [1.54, 1.807) is 43.5 Å². The maximum atomic E-state index is 13.1. The Morgan fingerprint density at radius 2 is 1.68 bits per heavy atom. The van der Waals surface area contributed by atoms with Gasteiger partial charge in [-0.1, -0.05) is 36.4 Å². The quantitative estimate of drug-likeness (QED) is 0.396. The summed E-state index contributed by atoms with van der Waals surface area (Å²) in [6.45, 7) is 1.60. The van der Waals surface area contributed by atoms with E-state index in [4.69, 9.17) is 9.47 Å². The van der Waals surface area contributed by atoms with Gasteiger partial charge in [0.1, 0.15) is 5.75 Å². The summed E-state index contributed by atoms with van der Waals surface area (Å²) in [5, 5.41) is 2.82. The van der Waals surface area contributed by atoms with Gasteiger partial charge in [-0.3, -0.25) is 9.10 Å². The Labute approximate surface area is 201 Å². The van der Waals surface area contributed by atoms with Crippen molar-refractivity contribution < 1.29 is 22.7 Å². The van der Waals surface area contributed by atoms with Crippen LogP contribution in [0.15, 0.2) is 83.8 Å². The van der Waals surface area contributed by atoms with Crippen LogP contribution in [-0.2, 0) is 21.2 Å². The number of methoxy groups -OCH3 is 1. The average Bonchev–Trinajstić information content (AvgIpc) is 2.88. The van der Waals surface area contributed by atoms with Gasteiger partial charge in [-0.25, -0.2) is 8.42 Å². The molecule has 3 aromatic carbocycles. The molecule has 1 N–H and O–H groups in total. The van der Waals surface area contributed by atoms with Crippen molar-refractivity contribution >= 4 is 21.6 Å². The third-order valence-electron chi connectivity index (χ3n) is 5.32.